The summed E-state index contributed by atoms with van der Waals surface area (Å²) in [5.74, 6) is -1.54. The van der Waals surface area contributed by atoms with E-state index in [4.69, 9.17) is 16.7 Å². The van der Waals surface area contributed by atoms with Crippen LogP contribution >= 0.6 is 27.5 Å². The maximum absolute atomic E-state index is 12.0. The van der Waals surface area contributed by atoms with Gasteiger partial charge in [-0.05, 0) is 46.3 Å². The van der Waals surface area contributed by atoms with Crippen molar-refractivity contribution in [2.45, 2.75) is 0 Å². The van der Waals surface area contributed by atoms with Crippen LogP contribution < -0.4 is 5.32 Å². The zero-order valence-corrected chi connectivity index (χ0v) is 12.3. The van der Waals surface area contributed by atoms with Crippen molar-refractivity contribution in [3.63, 3.8) is 0 Å². The number of hydrogen-bond donors (Lipinski definition) is 2. The van der Waals surface area contributed by atoms with E-state index < -0.39 is 11.9 Å². The molecule has 0 unspecified atom stereocenters. The zero-order chi connectivity index (χ0) is 14.7. The molecule has 7 heteroatoms. The number of carboxylic acid groups (broad SMARTS) is 1. The molecule has 2 N–H and O–H groups in total. The molecule has 0 saturated heterocycles. The van der Waals surface area contributed by atoms with Crippen LogP contribution in [0.5, 0.6) is 0 Å². The lowest BCUT2D eigenvalue weighted by atomic mass is 10.2. The molecule has 0 aliphatic heterocycles. The molecule has 0 saturated carbocycles. The van der Waals surface area contributed by atoms with E-state index in [2.05, 4.69) is 26.2 Å². The van der Waals surface area contributed by atoms with Gasteiger partial charge in [0, 0.05) is 16.4 Å². The highest BCUT2D eigenvalue weighted by Crippen LogP contribution is 2.22. The van der Waals surface area contributed by atoms with E-state index in [-0.39, 0.29) is 16.3 Å². The SMILES string of the molecule is O=C(O)c1ccc(NC(=O)c2ncccc2Br)cc1Cl. The molecule has 1 heterocycles. The molecule has 1 aromatic heterocycles. The molecule has 1 amide bonds. The Morgan fingerprint density at radius 2 is 2.05 bits per heavy atom. The third-order valence-corrected chi connectivity index (χ3v) is 3.38. The van der Waals surface area contributed by atoms with Gasteiger partial charge < -0.3 is 10.4 Å². The maximum atomic E-state index is 12.0. The number of carbonyl (C=O) groups excluding carboxylic acids is 1. The van der Waals surface area contributed by atoms with Crippen molar-refractivity contribution in [3.8, 4) is 0 Å². The lowest BCUT2D eigenvalue weighted by Crippen LogP contribution is -2.14. The van der Waals surface area contributed by atoms with Gasteiger partial charge in [-0.2, -0.15) is 0 Å². The second-order valence-electron chi connectivity index (χ2n) is 3.79. The largest absolute Gasteiger partial charge is 0.478 e. The van der Waals surface area contributed by atoms with Gasteiger partial charge in [0.2, 0.25) is 0 Å². The van der Waals surface area contributed by atoms with Gasteiger partial charge in [0.1, 0.15) is 5.69 Å². The van der Waals surface area contributed by atoms with Gasteiger partial charge in [-0.15, -0.1) is 0 Å². The van der Waals surface area contributed by atoms with E-state index in [1.54, 1.807) is 12.1 Å². The number of carbonyl (C=O) groups is 2. The van der Waals surface area contributed by atoms with E-state index in [1.807, 2.05) is 0 Å². The number of nitrogens with zero attached hydrogens (tertiary/aromatic N) is 1. The molecule has 0 radical (unpaired) electrons. The highest BCUT2D eigenvalue weighted by atomic mass is 79.9. The normalized spacial score (nSPS) is 10.1. The van der Waals surface area contributed by atoms with Crippen LogP contribution in [0, 0.1) is 0 Å². The summed E-state index contributed by atoms with van der Waals surface area (Å²) in [5.41, 5.74) is 0.595. The highest BCUT2D eigenvalue weighted by molar-refractivity contribution is 9.10. The Morgan fingerprint density at radius 3 is 2.65 bits per heavy atom. The number of amides is 1. The van der Waals surface area contributed by atoms with E-state index >= 15 is 0 Å². The Labute approximate surface area is 127 Å². The van der Waals surface area contributed by atoms with E-state index in [0.717, 1.165) is 0 Å². The maximum Gasteiger partial charge on any atom is 0.337 e. The minimum atomic E-state index is -1.12. The summed E-state index contributed by atoms with van der Waals surface area (Å²) in [6.45, 7) is 0. The van der Waals surface area contributed by atoms with Crippen molar-refractivity contribution in [2.75, 3.05) is 5.32 Å². The molecule has 20 heavy (non-hydrogen) atoms. The first-order chi connectivity index (χ1) is 9.49. The molecule has 1 aromatic carbocycles. The fourth-order valence-electron chi connectivity index (χ4n) is 1.51. The number of carboxylic acids is 1. The number of rotatable bonds is 3. The Bertz CT molecular complexity index is 691. The number of hydrogen-bond acceptors (Lipinski definition) is 3. The fraction of sp³-hybridized carbons (Fsp3) is 0. The van der Waals surface area contributed by atoms with Gasteiger partial charge in [-0.25, -0.2) is 9.78 Å². The van der Waals surface area contributed by atoms with Crippen LogP contribution in [0.3, 0.4) is 0 Å². The van der Waals surface area contributed by atoms with E-state index in [9.17, 15) is 9.59 Å². The second kappa shape index (κ2) is 6.02. The summed E-state index contributed by atoms with van der Waals surface area (Å²) in [5, 5.41) is 11.5. The molecule has 0 spiro atoms. The average molecular weight is 356 g/mol. The predicted octanol–water partition coefficient (Wildman–Crippen LogP) is 3.45. The molecule has 2 aromatic rings. The molecular formula is C13H8BrClN2O3. The van der Waals surface area contributed by atoms with Crippen LogP contribution in [-0.4, -0.2) is 22.0 Å². The number of nitrogens with one attached hydrogen (secondary N) is 1. The first-order valence-electron chi connectivity index (χ1n) is 5.44. The molecule has 0 fully saturated rings. The number of aromatic carboxylic acids is 1. The number of benzene rings is 1. The number of pyridine rings is 1. The van der Waals surface area contributed by atoms with Crippen LogP contribution in [0.15, 0.2) is 41.0 Å². The Kier molecular flexibility index (Phi) is 4.36. The summed E-state index contributed by atoms with van der Waals surface area (Å²) in [6.07, 6.45) is 1.50. The first kappa shape index (κ1) is 14.5. The lowest BCUT2D eigenvalue weighted by molar-refractivity contribution is 0.0697. The molecule has 102 valence electrons. The molecule has 5 nitrogen and oxygen atoms in total. The summed E-state index contributed by atoms with van der Waals surface area (Å²) < 4.78 is 0.561. The van der Waals surface area contributed by atoms with Crippen LogP contribution in [0.1, 0.15) is 20.8 Å². The third-order valence-electron chi connectivity index (χ3n) is 2.43. The van der Waals surface area contributed by atoms with Crippen LogP contribution in [0.2, 0.25) is 5.02 Å². The lowest BCUT2D eigenvalue weighted by Gasteiger charge is -2.07. The highest BCUT2D eigenvalue weighted by Gasteiger charge is 2.13. The summed E-state index contributed by atoms with van der Waals surface area (Å²) in [7, 11) is 0. The van der Waals surface area contributed by atoms with Crippen molar-refractivity contribution < 1.29 is 14.7 Å². The summed E-state index contributed by atoms with van der Waals surface area (Å²) >= 11 is 9.06. The second-order valence-corrected chi connectivity index (χ2v) is 5.05. The fourth-order valence-corrected chi connectivity index (χ4v) is 2.21. The smallest absolute Gasteiger partial charge is 0.337 e. The number of anilines is 1. The minimum absolute atomic E-state index is 0.0244. The van der Waals surface area contributed by atoms with Crippen molar-refractivity contribution in [2.24, 2.45) is 0 Å². The van der Waals surface area contributed by atoms with E-state index in [1.165, 1.54) is 24.4 Å². The Hall–Kier alpha value is -1.92. The molecular weight excluding hydrogens is 348 g/mol. The van der Waals surface area contributed by atoms with Gasteiger partial charge >= 0.3 is 5.97 Å². The first-order valence-corrected chi connectivity index (χ1v) is 6.61. The quantitative estimate of drug-likeness (QED) is 0.884. The van der Waals surface area contributed by atoms with Crippen LogP contribution in [0.4, 0.5) is 5.69 Å². The minimum Gasteiger partial charge on any atom is -0.478 e. The van der Waals surface area contributed by atoms with Gasteiger partial charge in [-0.1, -0.05) is 11.6 Å². The summed E-state index contributed by atoms with van der Waals surface area (Å²) in [6, 6.07) is 7.55. The molecule has 0 bridgehead atoms. The van der Waals surface area contributed by atoms with Crippen molar-refractivity contribution in [3.05, 3.63) is 57.3 Å². The number of aromatic nitrogens is 1. The molecule has 0 atom stereocenters. The zero-order valence-electron chi connectivity index (χ0n) is 9.93. The predicted molar refractivity (Wildman–Crippen MR) is 78.3 cm³/mol. The Morgan fingerprint density at radius 1 is 1.30 bits per heavy atom. The van der Waals surface area contributed by atoms with Gasteiger partial charge in [-0.3, -0.25) is 4.79 Å². The molecule has 2 rings (SSSR count). The van der Waals surface area contributed by atoms with Crippen molar-refractivity contribution in [1.82, 2.24) is 4.98 Å². The average Bonchev–Trinajstić information content (AvgIpc) is 2.38. The molecule has 0 aliphatic rings. The molecule has 0 aliphatic carbocycles. The number of halogens is 2. The van der Waals surface area contributed by atoms with Gasteiger partial charge in [0.15, 0.2) is 0 Å². The van der Waals surface area contributed by atoms with Crippen LogP contribution in [0.25, 0.3) is 0 Å². The van der Waals surface area contributed by atoms with Crippen LogP contribution in [-0.2, 0) is 0 Å². The van der Waals surface area contributed by atoms with Crippen molar-refractivity contribution in [1.29, 1.82) is 0 Å². The third kappa shape index (κ3) is 3.15. The van der Waals surface area contributed by atoms with E-state index in [0.29, 0.717) is 10.2 Å². The topological polar surface area (TPSA) is 79.3 Å². The summed E-state index contributed by atoms with van der Waals surface area (Å²) in [4.78, 5) is 26.8. The van der Waals surface area contributed by atoms with Gasteiger partial charge in [0.05, 0.1) is 10.6 Å². The van der Waals surface area contributed by atoms with Crippen molar-refractivity contribution >= 4 is 45.1 Å². The van der Waals surface area contributed by atoms with Gasteiger partial charge in [0.25, 0.3) is 5.91 Å². The standard InChI is InChI=1S/C13H8BrClN2O3/c14-9-2-1-5-16-11(9)12(18)17-7-3-4-8(13(19)20)10(15)6-7/h1-6H,(H,17,18)(H,19,20). The monoisotopic (exact) mass is 354 g/mol. The Balaban J connectivity index is 2.23.